The first-order valence-electron chi connectivity index (χ1n) is 6.66. The number of ether oxygens (including phenoxy) is 1. The van der Waals surface area contributed by atoms with Gasteiger partial charge in [0.15, 0.2) is 0 Å². The van der Waals surface area contributed by atoms with Crippen molar-refractivity contribution in [2.24, 2.45) is 5.92 Å². The summed E-state index contributed by atoms with van der Waals surface area (Å²) in [5, 5.41) is 0.905. The van der Waals surface area contributed by atoms with Crippen LogP contribution in [0, 0.1) is 5.92 Å². The molecule has 6 heteroatoms. The van der Waals surface area contributed by atoms with Crippen LogP contribution in [0.2, 0.25) is 0 Å². The highest BCUT2D eigenvalue weighted by Crippen LogP contribution is 2.07. The zero-order valence-corrected chi connectivity index (χ0v) is 13.1. The molecule has 0 aromatic carbocycles. The highest BCUT2D eigenvalue weighted by atomic mass is 16.7. The summed E-state index contributed by atoms with van der Waals surface area (Å²) in [6.07, 6.45) is 0.220. The van der Waals surface area contributed by atoms with Crippen LogP contribution in [0.1, 0.15) is 34.1 Å². The van der Waals surface area contributed by atoms with Gasteiger partial charge in [-0.05, 0) is 19.8 Å². The molecule has 0 aliphatic heterocycles. The van der Waals surface area contributed by atoms with E-state index in [1.54, 1.807) is 0 Å². The summed E-state index contributed by atoms with van der Waals surface area (Å²) in [4.78, 5) is 39.7. The Bertz CT molecular complexity index is 439. The van der Waals surface area contributed by atoms with Gasteiger partial charge in [-0.2, -0.15) is 5.06 Å². The summed E-state index contributed by atoms with van der Waals surface area (Å²) in [5.41, 5.74) is 0.435. The van der Waals surface area contributed by atoms with Gasteiger partial charge >= 0.3 is 11.9 Å². The predicted molar refractivity (Wildman–Crippen MR) is 77.8 cm³/mol. The SMILES string of the molecule is C=C(C)C(=O)OCCN(OC(=O)C(=C)C)C(=O)CC(C)C. The van der Waals surface area contributed by atoms with Crippen LogP contribution in [-0.4, -0.2) is 36.1 Å². The molecule has 0 unspecified atom stereocenters. The smallest absolute Gasteiger partial charge is 0.358 e. The number of hydrogen-bond acceptors (Lipinski definition) is 5. The summed E-state index contributed by atoms with van der Waals surface area (Å²) in [6.45, 7) is 13.5. The maximum atomic E-state index is 12.0. The normalized spacial score (nSPS) is 9.95. The summed E-state index contributed by atoms with van der Waals surface area (Å²) < 4.78 is 4.89. The lowest BCUT2D eigenvalue weighted by atomic mass is 10.1. The van der Waals surface area contributed by atoms with Crippen LogP contribution in [0.15, 0.2) is 24.3 Å². The van der Waals surface area contributed by atoms with Crippen LogP contribution in [0.4, 0.5) is 0 Å². The van der Waals surface area contributed by atoms with Crippen LogP contribution in [0.3, 0.4) is 0 Å². The first-order chi connectivity index (χ1) is 9.65. The molecule has 0 N–H and O–H groups in total. The Morgan fingerprint density at radius 3 is 2.00 bits per heavy atom. The molecule has 0 atom stereocenters. The minimum atomic E-state index is -0.696. The molecule has 0 aliphatic carbocycles. The topological polar surface area (TPSA) is 72.9 Å². The predicted octanol–water partition coefficient (Wildman–Crippen LogP) is 2.01. The van der Waals surface area contributed by atoms with Crippen molar-refractivity contribution < 1.29 is 24.0 Å². The monoisotopic (exact) mass is 297 g/mol. The number of carbonyl (C=O) groups excluding carboxylic acids is 3. The molecule has 0 fully saturated rings. The molecule has 0 aromatic heterocycles. The van der Waals surface area contributed by atoms with Gasteiger partial charge < -0.3 is 9.57 Å². The number of rotatable bonds is 7. The van der Waals surface area contributed by atoms with Crippen molar-refractivity contribution in [2.75, 3.05) is 13.2 Å². The van der Waals surface area contributed by atoms with Crippen molar-refractivity contribution in [3.05, 3.63) is 24.3 Å². The van der Waals surface area contributed by atoms with E-state index in [0.29, 0.717) is 0 Å². The second kappa shape index (κ2) is 8.94. The molecule has 1 amide bonds. The van der Waals surface area contributed by atoms with E-state index < -0.39 is 11.9 Å². The minimum absolute atomic E-state index is 0.0381. The highest BCUT2D eigenvalue weighted by molar-refractivity contribution is 5.88. The Labute approximate surface area is 125 Å². The number of nitrogens with zero attached hydrogens (tertiary/aromatic N) is 1. The molecule has 0 aliphatic rings. The van der Waals surface area contributed by atoms with E-state index >= 15 is 0 Å². The van der Waals surface area contributed by atoms with E-state index in [2.05, 4.69) is 13.2 Å². The van der Waals surface area contributed by atoms with Crippen molar-refractivity contribution in [3.8, 4) is 0 Å². The van der Waals surface area contributed by atoms with Gasteiger partial charge in [0.1, 0.15) is 6.61 Å². The van der Waals surface area contributed by atoms with Gasteiger partial charge in [-0.25, -0.2) is 9.59 Å². The largest absolute Gasteiger partial charge is 0.460 e. The molecule has 6 nitrogen and oxygen atoms in total. The average molecular weight is 297 g/mol. The number of hydrogen-bond donors (Lipinski definition) is 0. The molecule has 0 radical (unpaired) electrons. The summed E-state index contributed by atoms with van der Waals surface area (Å²) in [5.74, 6) is -1.50. The molecule has 0 saturated carbocycles. The van der Waals surface area contributed by atoms with Gasteiger partial charge in [-0.15, -0.1) is 0 Å². The third kappa shape index (κ3) is 7.91. The fourth-order valence-electron chi connectivity index (χ4n) is 1.19. The molecule has 0 spiro atoms. The number of amides is 1. The Morgan fingerprint density at radius 2 is 1.57 bits per heavy atom. The second-order valence-corrected chi connectivity index (χ2v) is 5.17. The summed E-state index contributed by atoms with van der Waals surface area (Å²) >= 11 is 0. The third-order valence-corrected chi connectivity index (χ3v) is 2.28. The second-order valence-electron chi connectivity index (χ2n) is 5.17. The van der Waals surface area contributed by atoms with Crippen molar-refractivity contribution in [3.63, 3.8) is 0 Å². The Kier molecular flexibility index (Phi) is 8.04. The van der Waals surface area contributed by atoms with Crippen molar-refractivity contribution in [1.82, 2.24) is 5.06 Å². The van der Waals surface area contributed by atoms with E-state index in [0.717, 1.165) is 5.06 Å². The minimum Gasteiger partial charge on any atom is -0.460 e. The highest BCUT2D eigenvalue weighted by Gasteiger charge is 2.20. The van der Waals surface area contributed by atoms with Gasteiger partial charge in [0.05, 0.1) is 6.54 Å². The van der Waals surface area contributed by atoms with Crippen LogP contribution < -0.4 is 0 Å². The molecule has 0 rings (SSSR count). The van der Waals surface area contributed by atoms with Crippen LogP contribution in [-0.2, 0) is 24.0 Å². The van der Waals surface area contributed by atoms with Gasteiger partial charge in [0.25, 0.3) is 5.91 Å². The lowest BCUT2D eigenvalue weighted by molar-refractivity contribution is -0.197. The maximum Gasteiger partial charge on any atom is 0.358 e. The average Bonchev–Trinajstić information content (AvgIpc) is 2.35. The van der Waals surface area contributed by atoms with Crippen molar-refractivity contribution in [1.29, 1.82) is 0 Å². The number of carbonyl (C=O) groups is 3. The van der Waals surface area contributed by atoms with Gasteiger partial charge in [0.2, 0.25) is 0 Å². The van der Waals surface area contributed by atoms with E-state index in [9.17, 15) is 14.4 Å². The van der Waals surface area contributed by atoms with Crippen molar-refractivity contribution in [2.45, 2.75) is 34.1 Å². The first kappa shape index (κ1) is 18.9. The zero-order valence-electron chi connectivity index (χ0n) is 13.1. The molecule has 0 aromatic rings. The molecule has 118 valence electrons. The van der Waals surface area contributed by atoms with Crippen LogP contribution >= 0.6 is 0 Å². The van der Waals surface area contributed by atoms with Crippen molar-refractivity contribution >= 4 is 17.8 Å². The fraction of sp³-hybridized carbons (Fsp3) is 0.533. The van der Waals surface area contributed by atoms with E-state index in [1.807, 2.05) is 13.8 Å². The third-order valence-electron chi connectivity index (χ3n) is 2.28. The summed E-state index contributed by atoms with van der Waals surface area (Å²) in [7, 11) is 0. The first-order valence-corrected chi connectivity index (χ1v) is 6.66. The molecule has 21 heavy (non-hydrogen) atoms. The molecule has 0 saturated heterocycles. The lowest BCUT2D eigenvalue weighted by Gasteiger charge is -2.22. The van der Waals surface area contributed by atoms with E-state index in [1.165, 1.54) is 13.8 Å². The number of hydroxylamine groups is 2. The van der Waals surface area contributed by atoms with Gasteiger partial charge in [-0.3, -0.25) is 4.79 Å². The Morgan fingerprint density at radius 1 is 1.05 bits per heavy atom. The molecule has 0 heterocycles. The summed E-state index contributed by atoms with van der Waals surface area (Å²) in [6, 6.07) is 0. The number of esters is 1. The molecular formula is C15H23NO5. The molecular weight excluding hydrogens is 274 g/mol. The fourth-order valence-corrected chi connectivity index (χ4v) is 1.19. The maximum absolute atomic E-state index is 12.0. The van der Waals surface area contributed by atoms with Gasteiger partial charge in [-0.1, -0.05) is 27.0 Å². The van der Waals surface area contributed by atoms with Gasteiger partial charge in [0, 0.05) is 17.6 Å². The molecule has 0 bridgehead atoms. The van der Waals surface area contributed by atoms with E-state index in [4.69, 9.17) is 9.57 Å². The van der Waals surface area contributed by atoms with Crippen LogP contribution in [0.25, 0.3) is 0 Å². The Hall–Kier alpha value is -2.11. The quantitative estimate of drug-likeness (QED) is 0.408. The Balaban J connectivity index is 4.61. The standard InChI is InChI=1S/C15H23NO5/c1-10(2)9-13(17)16(21-15(19)12(5)6)7-8-20-14(18)11(3)4/h10H,3,5,7-9H2,1-2,4,6H3. The van der Waals surface area contributed by atoms with Crippen LogP contribution in [0.5, 0.6) is 0 Å². The zero-order chi connectivity index (χ0) is 16.6. The lowest BCUT2D eigenvalue weighted by Crippen LogP contribution is -2.37. The van der Waals surface area contributed by atoms with E-state index in [-0.39, 0.29) is 42.5 Å².